The number of carbonyl (C=O) groups excluding carboxylic acids is 1. The van der Waals surface area contributed by atoms with E-state index in [4.69, 9.17) is 11.6 Å². The standard InChI is InChI=1S/C10H12ClFN2O/c1-13-10(15)14(2)6-7-3-4-8(11)5-9(7)12/h3-5H,6H2,1-2H3,(H,13,15). The van der Waals surface area contributed by atoms with Gasteiger partial charge in [-0.25, -0.2) is 9.18 Å². The van der Waals surface area contributed by atoms with Crippen LogP contribution in [0, 0.1) is 5.82 Å². The molecule has 0 heterocycles. The van der Waals surface area contributed by atoms with E-state index >= 15 is 0 Å². The quantitative estimate of drug-likeness (QED) is 0.831. The summed E-state index contributed by atoms with van der Waals surface area (Å²) in [5, 5.41) is 2.80. The highest BCUT2D eigenvalue weighted by molar-refractivity contribution is 6.30. The maximum absolute atomic E-state index is 13.3. The van der Waals surface area contributed by atoms with Crippen LogP contribution in [0.3, 0.4) is 0 Å². The number of carbonyl (C=O) groups is 1. The van der Waals surface area contributed by atoms with Crippen LogP contribution in [0.15, 0.2) is 18.2 Å². The molecular formula is C10H12ClFN2O. The Kier molecular flexibility index (Phi) is 3.91. The second kappa shape index (κ2) is 4.98. The molecule has 15 heavy (non-hydrogen) atoms. The van der Waals surface area contributed by atoms with E-state index in [1.54, 1.807) is 19.2 Å². The molecule has 0 saturated carbocycles. The van der Waals surface area contributed by atoms with Gasteiger partial charge in [0, 0.05) is 31.2 Å². The van der Waals surface area contributed by atoms with Crippen molar-refractivity contribution in [2.24, 2.45) is 0 Å². The molecule has 0 unspecified atom stereocenters. The van der Waals surface area contributed by atoms with E-state index in [9.17, 15) is 9.18 Å². The Balaban J connectivity index is 2.76. The van der Waals surface area contributed by atoms with Gasteiger partial charge in [-0.15, -0.1) is 0 Å². The number of nitrogens with zero attached hydrogens (tertiary/aromatic N) is 1. The van der Waals surface area contributed by atoms with Crippen molar-refractivity contribution in [2.75, 3.05) is 14.1 Å². The summed E-state index contributed by atoms with van der Waals surface area (Å²) in [4.78, 5) is 12.5. The molecule has 0 bridgehead atoms. The van der Waals surface area contributed by atoms with Crippen LogP contribution in [0.25, 0.3) is 0 Å². The average molecular weight is 231 g/mol. The van der Waals surface area contributed by atoms with Crippen molar-refractivity contribution in [3.05, 3.63) is 34.6 Å². The number of nitrogens with one attached hydrogen (secondary N) is 1. The Bertz CT molecular complexity index is 370. The third-order valence-corrected chi connectivity index (χ3v) is 2.22. The van der Waals surface area contributed by atoms with Gasteiger partial charge in [0.15, 0.2) is 0 Å². The summed E-state index contributed by atoms with van der Waals surface area (Å²) in [5.41, 5.74) is 0.436. The molecule has 82 valence electrons. The number of hydrogen-bond donors (Lipinski definition) is 1. The zero-order valence-electron chi connectivity index (χ0n) is 8.55. The van der Waals surface area contributed by atoms with Gasteiger partial charge in [0.2, 0.25) is 0 Å². The van der Waals surface area contributed by atoms with Crippen LogP contribution in [0.2, 0.25) is 5.02 Å². The Labute approximate surface area is 92.8 Å². The van der Waals surface area contributed by atoms with Crippen LogP contribution in [-0.2, 0) is 6.54 Å². The zero-order valence-corrected chi connectivity index (χ0v) is 9.31. The summed E-state index contributed by atoms with van der Waals surface area (Å²) in [6, 6.07) is 4.13. The number of halogens is 2. The fraction of sp³-hybridized carbons (Fsp3) is 0.300. The Morgan fingerprint density at radius 1 is 1.60 bits per heavy atom. The third kappa shape index (κ3) is 3.09. The molecule has 3 nitrogen and oxygen atoms in total. The predicted octanol–water partition coefficient (Wildman–Crippen LogP) is 2.25. The highest BCUT2D eigenvalue weighted by atomic mass is 35.5. The van der Waals surface area contributed by atoms with E-state index in [-0.39, 0.29) is 12.6 Å². The second-order valence-corrected chi connectivity index (χ2v) is 3.58. The highest BCUT2D eigenvalue weighted by Crippen LogP contribution is 2.15. The monoisotopic (exact) mass is 230 g/mol. The summed E-state index contributed by atoms with van der Waals surface area (Å²) in [6.45, 7) is 0.211. The summed E-state index contributed by atoms with van der Waals surface area (Å²) in [7, 11) is 3.12. The van der Waals surface area contributed by atoms with E-state index in [0.29, 0.717) is 10.6 Å². The molecule has 0 aromatic heterocycles. The number of rotatable bonds is 2. The minimum absolute atomic E-state index is 0.211. The van der Waals surface area contributed by atoms with Gasteiger partial charge in [0.25, 0.3) is 0 Å². The molecule has 0 spiro atoms. The van der Waals surface area contributed by atoms with E-state index in [2.05, 4.69) is 5.32 Å². The van der Waals surface area contributed by atoms with Crippen LogP contribution >= 0.6 is 11.6 Å². The van der Waals surface area contributed by atoms with Gasteiger partial charge in [-0.2, -0.15) is 0 Å². The first-order chi connectivity index (χ1) is 7.04. The van der Waals surface area contributed by atoms with Gasteiger partial charge in [0.1, 0.15) is 5.82 Å². The smallest absolute Gasteiger partial charge is 0.317 e. The lowest BCUT2D eigenvalue weighted by molar-refractivity contribution is 0.208. The Hall–Kier alpha value is -1.29. The van der Waals surface area contributed by atoms with E-state index in [0.717, 1.165) is 0 Å². The molecule has 0 aliphatic carbocycles. The lowest BCUT2D eigenvalue weighted by atomic mass is 10.2. The summed E-state index contributed by atoms with van der Waals surface area (Å²) in [6.07, 6.45) is 0. The van der Waals surface area contributed by atoms with Crippen LogP contribution in [-0.4, -0.2) is 25.0 Å². The third-order valence-electron chi connectivity index (χ3n) is 1.98. The fourth-order valence-corrected chi connectivity index (χ4v) is 1.33. The molecule has 0 saturated heterocycles. The molecule has 0 fully saturated rings. The molecule has 1 rings (SSSR count). The molecule has 1 aromatic carbocycles. The summed E-state index contributed by atoms with van der Waals surface area (Å²) in [5.74, 6) is -0.404. The van der Waals surface area contributed by atoms with Crippen LogP contribution in [0.5, 0.6) is 0 Å². The van der Waals surface area contributed by atoms with Gasteiger partial charge in [-0.3, -0.25) is 0 Å². The first kappa shape index (κ1) is 11.8. The predicted molar refractivity (Wildman–Crippen MR) is 57.3 cm³/mol. The molecular weight excluding hydrogens is 219 g/mol. The molecule has 0 aliphatic rings. The van der Waals surface area contributed by atoms with Crippen molar-refractivity contribution in [3.8, 4) is 0 Å². The summed E-state index contributed by atoms with van der Waals surface area (Å²) < 4.78 is 13.3. The molecule has 0 radical (unpaired) electrons. The van der Waals surface area contributed by atoms with E-state index < -0.39 is 5.82 Å². The zero-order chi connectivity index (χ0) is 11.4. The van der Waals surface area contributed by atoms with E-state index in [1.807, 2.05) is 0 Å². The lowest BCUT2D eigenvalue weighted by Crippen LogP contribution is -2.34. The maximum atomic E-state index is 13.3. The molecule has 0 atom stereocenters. The van der Waals surface area contributed by atoms with Gasteiger partial charge in [-0.1, -0.05) is 17.7 Å². The first-order valence-electron chi connectivity index (χ1n) is 4.41. The van der Waals surface area contributed by atoms with Crippen molar-refractivity contribution in [1.82, 2.24) is 10.2 Å². The van der Waals surface area contributed by atoms with Crippen LogP contribution in [0.4, 0.5) is 9.18 Å². The van der Waals surface area contributed by atoms with Crippen molar-refractivity contribution >= 4 is 17.6 Å². The van der Waals surface area contributed by atoms with Crippen LogP contribution < -0.4 is 5.32 Å². The number of hydrogen-bond acceptors (Lipinski definition) is 1. The normalized spacial score (nSPS) is 9.87. The van der Waals surface area contributed by atoms with Gasteiger partial charge >= 0.3 is 6.03 Å². The van der Waals surface area contributed by atoms with Crippen molar-refractivity contribution < 1.29 is 9.18 Å². The second-order valence-electron chi connectivity index (χ2n) is 3.15. The van der Waals surface area contributed by atoms with Crippen LogP contribution in [0.1, 0.15) is 5.56 Å². The van der Waals surface area contributed by atoms with Crippen molar-refractivity contribution in [1.29, 1.82) is 0 Å². The molecule has 1 N–H and O–H groups in total. The van der Waals surface area contributed by atoms with Gasteiger partial charge < -0.3 is 10.2 Å². The van der Waals surface area contributed by atoms with Gasteiger partial charge in [-0.05, 0) is 12.1 Å². The minimum atomic E-state index is -0.404. The molecule has 5 heteroatoms. The molecule has 0 aliphatic heterocycles. The maximum Gasteiger partial charge on any atom is 0.317 e. The number of amides is 2. The number of benzene rings is 1. The summed E-state index contributed by atoms with van der Waals surface area (Å²) >= 11 is 5.61. The number of urea groups is 1. The van der Waals surface area contributed by atoms with Crippen molar-refractivity contribution in [2.45, 2.75) is 6.54 Å². The first-order valence-corrected chi connectivity index (χ1v) is 4.79. The largest absolute Gasteiger partial charge is 0.341 e. The van der Waals surface area contributed by atoms with Gasteiger partial charge in [0.05, 0.1) is 0 Å². The fourth-order valence-electron chi connectivity index (χ4n) is 1.17. The van der Waals surface area contributed by atoms with E-state index in [1.165, 1.54) is 18.0 Å². The topological polar surface area (TPSA) is 32.3 Å². The average Bonchev–Trinajstić information content (AvgIpc) is 2.20. The molecule has 1 aromatic rings. The molecule has 2 amide bonds. The highest BCUT2D eigenvalue weighted by Gasteiger charge is 2.09. The SMILES string of the molecule is CNC(=O)N(C)Cc1ccc(Cl)cc1F. The minimum Gasteiger partial charge on any atom is -0.341 e. The lowest BCUT2D eigenvalue weighted by Gasteiger charge is -2.16. The Morgan fingerprint density at radius 3 is 2.80 bits per heavy atom. The Morgan fingerprint density at radius 2 is 2.27 bits per heavy atom. The van der Waals surface area contributed by atoms with Crippen molar-refractivity contribution in [3.63, 3.8) is 0 Å².